The van der Waals surface area contributed by atoms with E-state index in [2.05, 4.69) is 0 Å². The Balaban J connectivity index is 2.31. The van der Waals surface area contributed by atoms with E-state index in [1.807, 2.05) is 0 Å². The minimum Gasteiger partial charge on any atom is -0.493 e. The maximum Gasteiger partial charge on any atom is 0.336 e. The van der Waals surface area contributed by atoms with Crippen LogP contribution in [0.15, 0.2) is 33.5 Å². The zero-order chi connectivity index (χ0) is 15.6. The molecule has 0 unspecified atom stereocenters. The molecule has 0 spiro atoms. The van der Waals surface area contributed by atoms with Gasteiger partial charge in [-0.1, -0.05) is 0 Å². The first-order valence-corrected chi connectivity index (χ1v) is 6.46. The van der Waals surface area contributed by atoms with Gasteiger partial charge < -0.3 is 24.1 Å². The third-order valence-electron chi connectivity index (χ3n) is 3.12. The van der Waals surface area contributed by atoms with Crippen molar-refractivity contribution in [2.45, 2.75) is 25.6 Å². The maximum atomic E-state index is 11.2. The Morgan fingerprint density at radius 3 is 2.62 bits per heavy atom. The Kier molecular flexibility index (Phi) is 4.20. The van der Waals surface area contributed by atoms with E-state index in [4.69, 9.17) is 13.9 Å². The summed E-state index contributed by atoms with van der Waals surface area (Å²) in [6.07, 6.45) is -1.07. The molecule has 114 valence electrons. The quantitative estimate of drug-likeness (QED) is 0.808. The molecule has 0 fully saturated rings. The summed E-state index contributed by atoms with van der Waals surface area (Å²) >= 11 is 0. The number of hydrogen-bond acceptors (Lipinski definition) is 6. The first-order valence-electron chi connectivity index (χ1n) is 6.46. The van der Waals surface area contributed by atoms with E-state index in [1.165, 1.54) is 33.1 Å². The third-order valence-corrected chi connectivity index (χ3v) is 3.12. The molecule has 0 amide bonds. The van der Waals surface area contributed by atoms with Crippen molar-refractivity contribution in [1.29, 1.82) is 0 Å². The van der Waals surface area contributed by atoms with E-state index in [9.17, 15) is 15.0 Å². The Hall–Kier alpha value is -2.05. The SMILES string of the molecule is COc1cc2ccc(=O)oc2cc1OC[C@@H](O)C(C)(C)O. The van der Waals surface area contributed by atoms with E-state index in [0.717, 1.165) is 0 Å². The van der Waals surface area contributed by atoms with E-state index in [0.29, 0.717) is 22.5 Å². The number of methoxy groups -OCH3 is 1. The van der Waals surface area contributed by atoms with Crippen LogP contribution in [-0.2, 0) is 0 Å². The van der Waals surface area contributed by atoms with Crippen LogP contribution < -0.4 is 15.1 Å². The molecule has 0 aliphatic carbocycles. The summed E-state index contributed by atoms with van der Waals surface area (Å²) < 4.78 is 15.8. The van der Waals surface area contributed by atoms with Gasteiger partial charge in [-0.2, -0.15) is 0 Å². The zero-order valence-electron chi connectivity index (χ0n) is 12.1. The first kappa shape index (κ1) is 15.3. The highest BCUT2D eigenvalue weighted by Gasteiger charge is 2.25. The molecule has 0 saturated heterocycles. The fraction of sp³-hybridized carbons (Fsp3) is 0.400. The van der Waals surface area contributed by atoms with Crippen LogP contribution >= 0.6 is 0 Å². The van der Waals surface area contributed by atoms with Crippen molar-refractivity contribution in [2.24, 2.45) is 0 Å². The molecule has 0 aliphatic heterocycles. The maximum absolute atomic E-state index is 11.2. The summed E-state index contributed by atoms with van der Waals surface area (Å²) in [7, 11) is 1.49. The summed E-state index contributed by atoms with van der Waals surface area (Å²) in [6, 6.07) is 6.14. The van der Waals surface area contributed by atoms with Gasteiger partial charge in [-0.05, 0) is 26.0 Å². The average Bonchev–Trinajstić information content (AvgIpc) is 2.42. The van der Waals surface area contributed by atoms with Gasteiger partial charge in [0.2, 0.25) is 0 Å². The van der Waals surface area contributed by atoms with Crippen molar-refractivity contribution in [2.75, 3.05) is 13.7 Å². The van der Waals surface area contributed by atoms with Crippen LogP contribution in [0.3, 0.4) is 0 Å². The van der Waals surface area contributed by atoms with Gasteiger partial charge >= 0.3 is 5.63 Å². The zero-order valence-corrected chi connectivity index (χ0v) is 12.1. The fourth-order valence-electron chi connectivity index (χ4n) is 1.72. The fourth-order valence-corrected chi connectivity index (χ4v) is 1.72. The van der Waals surface area contributed by atoms with E-state index in [1.54, 1.807) is 12.1 Å². The van der Waals surface area contributed by atoms with Gasteiger partial charge in [-0.15, -0.1) is 0 Å². The van der Waals surface area contributed by atoms with Crippen LogP contribution in [0.4, 0.5) is 0 Å². The normalized spacial score (nSPS) is 13.2. The largest absolute Gasteiger partial charge is 0.493 e. The van der Waals surface area contributed by atoms with Crippen LogP contribution in [0.2, 0.25) is 0 Å². The topological polar surface area (TPSA) is 89.1 Å². The second-order valence-corrected chi connectivity index (χ2v) is 5.28. The van der Waals surface area contributed by atoms with E-state index < -0.39 is 17.3 Å². The van der Waals surface area contributed by atoms with Gasteiger partial charge in [-0.3, -0.25) is 0 Å². The van der Waals surface area contributed by atoms with Crippen molar-refractivity contribution >= 4 is 11.0 Å². The molecule has 0 aliphatic rings. The van der Waals surface area contributed by atoms with Gasteiger partial charge in [0.1, 0.15) is 18.3 Å². The molecule has 21 heavy (non-hydrogen) atoms. The number of rotatable bonds is 5. The van der Waals surface area contributed by atoms with Gasteiger partial charge in [0.05, 0.1) is 12.7 Å². The molecular weight excluding hydrogens is 276 g/mol. The average molecular weight is 294 g/mol. The summed E-state index contributed by atoms with van der Waals surface area (Å²) in [5, 5.41) is 20.2. The molecule has 6 nitrogen and oxygen atoms in total. The molecule has 0 radical (unpaired) electrons. The van der Waals surface area contributed by atoms with Crippen molar-refractivity contribution in [1.82, 2.24) is 0 Å². The number of benzene rings is 1. The molecule has 1 aromatic heterocycles. The lowest BCUT2D eigenvalue weighted by atomic mass is 10.0. The molecule has 2 aromatic rings. The van der Waals surface area contributed by atoms with Crippen LogP contribution in [0, 0.1) is 0 Å². The lowest BCUT2D eigenvalue weighted by molar-refractivity contribution is -0.0663. The van der Waals surface area contributed by atoms with Gasteiger partial charge in [0, 0.05) is 17.5 Å². The Bertz CT molecular complexity index is 683. The lowest BCUT2D eigenvalue weighted by Crippen LogP contribution is -2.40. The summed E-state index contributed by atoms with van der Waals surface area (Å²) in [5.74, 6) is 0.766. The third kappa shape index (κ3) is 3.53. The lowest BCUT2D eigenvalue weighted by Gasteiger charge is -2.24. The molecule has 1 aromatic carbocycles. The predicted molar refractivity (Wildman–Crippen MR) is 76.8 cm³/mol. The number of aliphatic hydroxyl groups is 2. The highest BCUT2D eigenvalue weighted by molar-refractivity contribution is 5.80. The number of ether oxygens (including phenoxy) is 2. The summed E-state index contributed by atoms with van der Waals surface area (Å²) in [4.78, 5) is 11.2. The Labute approximate surface area is 121 Å². The first-order chi connectivity index (χ1) is 9.81. The Morgan fingerprint density at radius 2 is 2.00 bits per heavy atom. The summed E-state index contributed by atoms with van der Waals surface area (Å²) in [6.45, 7) is 2.85. The van der Waals surface area contributed by atoms with Crippen LogP contribution in [0.25, 0.3) is 11.0 Å². The van der Waals surface area contributed by atoms with Crippen LogP contribution in [-0.4, -0.2) is 35.6 Å². The highest BCUT2D eigenvalue weighted by atomic mass is 16.5. The van der Waals surface area contributed by atoms with Gasteiger partial charge in [0.15, 0.2) is 11.5 Å². The van der Waals surface area contributed by atoms with Gasteiger partial charge in [0.25, 0.3) is 0 Å². The highest BCUT2D eigenvalue weighted by Crippen LogP contribution is 2.32. The molecule has 2 rings (SSSR count). The molecule has 2 N–H and O–H groups in total. The monoisotopic (exact) mass is 294 g/mol. The van der Waals surface area contributed by atoms with Crippen LogP contribution in [0.5, 0.6) is 11.5 Å². The molecule has 0 bridgehead atoms. The molecule has 0 saturated carbocycles. The minimum atomic E-state index is -1.28. The van der Waals surface area contributed by atoms with Gasteiger partial charge in [-0.25, -0.2) is 4.79 Å². The Morgan fingerprint density at radius 1 is 1.29 bits per heavy atom. The second-order valence-electron chi connectivity index (χ2n) is 5.28. The van der Waals surface area contributed by atoms with E-state index >= 15 is 0 Å². The number of aliphatic hydroxyl groups excluding tert-OH is 1. The number of hydrogen-bond donors (Lipinski definition) is 2. The number of fused-ring (bicyclic) bond motifs is 1. The molecule has 1 atom stereocenters. The second kappa shape index (κ2) is 5.75. The van der Waals surface area contributed by atoms with Crippen molar-refractivity contribution < 1.29 is 24.1 Å². The van der Waals surface area contributed by atoms with Crippen molar-refractivity contribution in [3.8, 4) is 11.5 Å². The smallest absolute Gasteiger partial charge is 0.336 e. The molecule has 1 heterocycles. The van der Waals surface area contributed by atoms with Crippen molar-refractivity contribution in [3.63, 3.8) is 0 Å². The van der Waals surface area contributed by atoms with E-state index in [-0.39, 0.29) is 6.61 Å². The summed E-state index contributed by atoms with van der Waals surface area (Å²) in [5.41, 5.74) is -1.39. The molecule has 6 heteroatoms. The predicted octanol–water partition coefficient (Wildman–Crippen LogP) is 1.31. The van der Waals surface area contributed by atoms with Crippen molar-refractivity contribution in [3.05, 3.63) is 34.7 Å². The molecular formula is C15H18O6. The minimum absolute atomic E-state index is 0.123. The van der Waals surface area contributed by atoms with Crippen LogP contribution in [0.1, 0.15) is 13.8 Å². The standard InChI is InChI=1S/C15H18O6/c1-15(2,18)13(16)8-20-12-7-10-9(6-11(12)19-3)4-5-14(17)21-10/h4-7,13,16,18H,8H2,1-3H3/t13-/m1/s1.